The van der Waals surface area contributed by atoms with E-state index in [0.717, 1.165) is 10.9 Å². The van der Waals surface area contributed by atoms with Crippen LogP contribution in [0.25, 0.3) is 10.9 Å². The van der Waals surface area contributed by atoms with Gasteiger partial charge in [-0.25, -0.2) is 4.98 Å². The zero-order valence-corrected chi connectivity index (χ0v) is 13.8. The Morgan fingerprint density at radius 1 is 1.16 bits per heavy atom. The normalized spacial score (nSPS) is 13.4. The minimum Gasteiger partial charge on any atom is -0.385 e. The fraction of sp³-hybridized carbons (Fsp3) is 0.211. The molecule has 0 spiro atoms. The standard InChI is InChI=1S/C19H19N3O3/c1-19(23,15-5-3-2-4-6-15)11-12-20-18-10-7-14-13-16(22(24)25)8-9-17(14)21-18/h2-10,13,23H,11-12H2,1H3,(H,20,21). The number of nitro benzene ring substituents is 1. The lowest BCUT2D eigenvalue weighted by atomic mass is 9.93. The molecule has 3 aromatic rings. The number of rotatable bonds is 6. The summed E-state index contributed by atoms with van der Waals surface area (Å²) in [6.45, 7) is 2.34. The number of nitrogens with one attached hydrogen (secondary N) is 1. The minimum absolute atomic E-state index is 0.0499. The van der Waals surface area contributed by atoms with Gasteiger partial charge >= 0.3 is 0 Å². The zero-order chi connectivity index (χ0) is 17.9. The highest BCUT2D eigenvalue weighted by Gasteiger charge is 2.22. The number of hydrogen-bond acceptors (Lipinski definition) is 5. The molecule has 6 heteroatoms. The number of aliphatic hydroxyl groups is 1. The summed E-state index contributed by atoms with van der Waals surface area (Å²) in [6, 6.07) is 17.7. The van der Waals surface area contributed by atoms with Crippen LogP contribution < -0.4 is 5.32 Å². The van der Waals surface area contributed by atoms with Crippen molar-refractivity contribution in [3.63, 3.8) is 0 Å². The van der Waals surface area contributed by atoms with Crippen LogP contribution in [-0.2, 0) is 5.60 Å². The first-order valence-electron chi connectivity index (χ1n) is 8.03. The second-order valence-corrected chi connectivity index (χ2v) is 6.15. The monoisotopic (exact) mass is 337 g/mol. The van der Waals surface area contributed by atoms with E-state index >= 15 is 0 Å². The smallest absolute Gasteiger partial charge is 0.270 e. The fourth-order valence-electron chi connectivity index (χ4n) is 2.70. The molecule has 0 fully saturated rings. The summed E-state index contributed by atoms with van der Waals surface area (Å²) in [4.78, 5) is 14.8. The maximum atomic E-state index is 10.8. The van der Waals surface area contributed by atoms with E-state index in [1.165, 1.54) is 12.1 Å². The third kappa shape index (κ3) is 3.92. The second kappa shape index (κ2) is 6.86. The molecule has 128 valence electrons. The molecule has 1 unspecified atom stereocenters. The molecule has 1 aromatic heterocycles. The number of non-ortho nitro benzene ring substituents is 1. The average Bonchev–Trinajstić information content (AvgIpc) is 2.61. The summed E-state index contributed by atoms with van der Waals surface area (Å²) in [5, 5.41) is 25.3. The molecule has 1 heterocycles. The molecule has 1 atom stereocenters. The van der Waals surface area contributed by atoms with Gasteiger partial charge in [0, 0.05) is 24.1 Å². The SMILES string of the molecule is CC(O)(CCNc1ccc2cc([N+](=O)[O-])ccc2n1)c1ccccc1. The van der Waals surface area contributed by atoms with E-state index in [9.17, 15) is 15.2 Å². The van der Waals surface area contributed by atoms with Gasteiger partial charge in [-0.05, 0) is 37.1 Å². The van der Waals surface area contributed by atoms with E-state index in [1.54, 1.807) is 25.1 Å². The molecule has 0 aliphatic heterocycles. The molecule has 0 bridgehead atoms. The summed E-state index contributed by atoms with van der Waals surface area (Å²) >= 11 is 0. The highest BCUT2D eigenvalue weighted by molar-refractivity contribution is 5.82. The largest absolute Gasteiger partial charge is 0.385 e. The van der Waals surface area contributed by atoms with Gasteiger partial charge in [-0.2, -0.15) is 0 Å². The highest BCUT2D eigenvalue weighted by atomic mass is 16.6. The molecular weight excluding hydrogens is 318 g/mol. The van der Waals surface area contributed by atoms with Gasteiger partial charge < -0.3 is 10.4 Å². The van der Waals surface area contributed by atoms with Crippen LogP contribution in [0.15, 0.2) is 60.7 Å². The van der Waals surface area contributed by atoms with Gasteiger partial charge in [0.15, 0.2) is 0 Å². The fourth-order valence-corrected chi connectivity index (χ4v) is 2.70. The van der Waals surface area contributed by atoms with Crippen LogP contribution in [0.4, 0.5) is 11.5 Å². The maximum Gasteiger partial charge on any atom is 0.270 e. The summed E-state index contributed by atoms with van der Waals surface area (Å²) in [6.07, 6.45) is 0.525. The third-order valence-electron chi connectivity index (χ3n) is 4.20. The topological polar surface area (TPSA) is 88.3 Å². The minimum atomic E-state index is -0.925. The van der Waals surface area contributed by atoms with Crippen LogP contribution in [0.3, 0.4) is 0 Å². The average molecular weight is 337 g/mol. The van der Waals surface area contributed by atoms with E-state index in [2.05, 4.69) is 10.3 Å². The molecule has 25 heavy (non-hydrogen) atoms. The first-order chi connectivity index (χ1) is 12.0. The number of anilines is 1. The van der Waals surface area contributed by atoms with Gasteiger partial charge in [-0.15, -0.1) is 0 Å². The molecule has 0 aliphatic rings. The lowest BCUT2D eigenvalue weighted by Gasteiger charge is -2.24. The Morgan fingerprint density at radius 2 is 1.92 bits per heavy atom. The molecule has 6 nitrogen and oxygen atoms in total. The van der Waals surface area contributed by atoms with Gasteiger partial charge in [0.25, 0.3) is 5.69 Å². The van der Waals surface area contributed by atoms with Crippen LogP contribution in [0, 0.1) is 10.1 Å². The molecule has 2 aromatic carbocycles. The Balaban J connectivity index is 1.67. The first kappa shape index (κ1) is 16.9. The summed E-state index contributed by atoms with van der Waals surface area (Å²) in [7, 11) is 0. The Bertz CT molecular complexity index is 895. The van der Waals surface area contributed by atoms with Crippen molar-refractivity contribution in [3.05, 3.63) is 76.3 Å². The Labute approximate surface area is 145 Å². The van der Waals surface area contributed by atoms with Crippen LogP contribution in [0.1, 0.15) is 18.9 Å². The summed E-state index contributed by atoms with van der Waals surface area (Å²) in [5.41, 5.74) is 0.682. The number of aromatic nitrogens is 1. The van der Waals surface area contributed by atoms with Crippen LogP contribution >= 0.6 is 0 Å². The number of pyridine rings is 1. The molecule has 0 radical (unpaired) electrons. The van der Waals surface area contributed by atoms with Crippen LogP contribution in [0.5, 0.6) is 0 Å². The number of hydrogen-bond donors (Lipinski definition) is 2. The number of benzene rings is 2. The van der Waals surface area contributed by atoms with Gasteiger partial charge in [-0.1, -0.05) is 30.3 Å². The predicted octanol–water partition coefficient (Wildman–Crippen LogP) is 3.85. The number of fused-ring (bicyclic) bond motifs is 1. The molecule has 0 aliphatic carbocycles. The number of nitrogens with zero attached hydrogens (tertiary/aromatic N) is 2. The lowest BCUT2D eigenvalue weighted by Crippen LogP contribution is -2.24. The van der Waals surface area contributed by atoms with E-state index in [-0.39, 0.29) is 5.69 Å². The van der Waals surface area contributed by atoms with E-state index < -0.39 is 10.5 Å². The van der Waals surface area contributed by atoms with Crippen molar-refractivity contribution in [3.8, 4) is 0 Å². The van der Waals surface area contributed by atoms with Crippen molar-refractivity contribution in [2.45, 2.75) is 18.9 Å². The number of nitro groups is 1. The van der Waals surface area contributed by atoms with Crippen LogP contribution in [0.2, 0.25) is 0 Å². The maximum absolute atomic E-state index is 10.8. The Morgan fingerprint density at radius 3 is 2.64 bits per heavy atom. The van der Waals surface area contributed by atoms with Crippen molar-refractivity contribution in [1.29, 1.82) is 0 Å². The quantitative estimate of drug-likeness (QED) is 0.527. The molecule has 0 saturated heterocycles. The van der Waals surface area contributed by atoms with Crippen molar-refractivity contribution in [2.75, 3.05) is 11.9 Å². The zero-order valence-electron chi connectivity index (χ0n) is 13.8. The van der Waals surface area contributed by atoms with Gasteiger partial charge in [0.05, 0.1) is 16.0 Å². The Kier molecular flexibility index (Phi) is 4.63. The summed E-state index contributed by atoms with van der Waals surface area (Å²) < 4.78 is 0. The predicted molar refractivity (Wildman–Crippen MR) is 97.5 cm³/mol. The van der Waals surface area contributed by atoms with Crippen LogP contribution in [-0.4, -0.2) is 21.6 Å². The first-order valence-corrected chi connectivity index (χ1v) is 8.03. The van der Waals surface area contributed by atoms with Gasteiger partial charge in [0.2, 0.25) is 0 Å². The molecule has 3 rings (SSSR count). The highest BCUT2D eigenvalue weighted by Crippen LogP contribution is 2.25. The van der Waals surface area contributed by atoms with Crippen molar-refractivity contribution in [1.82, 2.24) is 4.98 Å². The Hall–Kier alpha value is -2.99. The molecule has 0 saturated carbocycles. The molecule has 2 N–H and O–H groups in total. The molecule has 0 amide bonds. The van der Waals surface area contributed by atoms with Gasteiger partial charge in [0.1, 0.15) is 5.82 Å². The van der Waals surface area contributed by atoms with Crippen molar-refractivity contribution >= 4 is 22.4 Å². The lowest BCUT2D eigenvalue weighted by molar-refractivity contribution is -0.384. The van der Waals surface area contributed by atoms with Crippen molar-refractivity contribution < 1.29 is 10.0 Å². The van der Waals surface area contributed by atoms with E-state index in [0.29, 0.717) is 24.3 Å². The third-order valence-corrected chi connectivity index (χ3v) is 4.20. The second-order valence-electron chi connectivity index (χ2n) is 6.15. The molecular formula is C19H19N3O3. The van der Waals surface area contributed by atoms with E-state index in [1.807, 2.05) is 30.3 Å². The van der Waals surface area contributed by atoms with Gasteiger partial charge in [-0.3, -0.25) is 10.1 Å². The van der Waals surface area contributed by atoms with Crippen molar-refractivity contribution in [2.24, 2.45) is 0 Å². The summed E-state index contributed by atoms with van der Waals surface area (Å²) in [5.74, 6) is 0.671. The van der Waals surface area contributed by atoms with E-state index in [4.69, 9.17) is 0 Å².